The van der Waals surface area contributed by atoms with Gasteiger partial charge in [-0.3, -0.25) is 0 Å². The number of nitrogens with one attached hydrogen (secondary N) is 1. The van der Waals surface area contributed by atoms with E-state index in [4.69, 9.17) is 6.42 Å². The van der Waals surface area contributed by atoms with Crippen LogP contribution in [0.5, 0.6) is 0 Å². The maximum absolute atomic E-state index is 12.9. The van der Waals surface area contributed by atoms with Crippen LogP contribution in [0.25, 0.3) is 0 Å². The Morgan fingerprint density at radius 3 is 2.27 bits per heavy atom. The molecule has 0 saturated carbocycles. The van der Waals surface area contributed by atoms with E-state index in [2.05, 4.69) is 11.2 Å². The largest absolute Gasteiger partial charge is 0.300 e. The van der Waals surface area contributed by atoms with E-state index in [9.17, 15) is 13.2 Å². The molecule has 1 aromatic rings. The third kappa shape index (κ3) is 2.51. The summed E-state index contributed by atoms with van der Waals surface area (Å²) >= 11 is 0. The van der Waals surface area contributed by atoms with Crippen LogP contribution >= 0.6 is 0 Å². The smallest absolute Gasteiger partial charge is 0.194 e. The fourth-order valence-electron chi connectivity index (χ4n) is 1.22. The number of hydrogen-bond acceptors (Lipinski definition) is 1. The minimum Gasteiger partial charge on any atom is -0.300 e. The lowest BCUT2D eigenvalue weighted by atomic mass is 10.1. The topological polar surface area (TPSA) is 12.0 Å². The second kappa shape index (κ2) is 4.85. The predicted octanol–water partition coefficient (Wildman–Crippen LogP) is 2.39. The number of halogens is 3. The van der Waals surface area contributed by atoms with Crippen LogP contribution < -0.4 is 5.32 Å². The summed E-state index contributed by atoms with van der Waals surface area (Å²) in [5.41, 5.74) is 0.204. The van der Waals surface area contributed by atoms with Crippen molar-refractivity contribution in [3.63, 3.8) is 0 Å². The molecule has 1 atom stereocenters. The Bertz CT molecular complexity index is 372. The van der Waals surface area contributed by atoms with Gasteiger partial charge in [0.15, 0.2) is 17.5 Å². The van der Waals surface area contributed by atoms with Crippen molar-refractivity contribution in [1.29, 1.82) is 0 Å². The van der Waals surface area contributed by atoms with Gasteiger partial charge in [-0.25, -0.2) is 13.2 Å². The molecule has 0 aliphatic carbocycles. The number of terminal acetylenes is 1. The molecule has 0 spiro atoms. The van der Waals surface area contributed by atoms with Crippen LogP contribution in [0.3, 0.4) is 0 Å². The summed E-state index contributed by atoms with van der Waals surface area (Å²) in [6, 6.07) is 1.18. The standard InChI is InChI=1S/C11H10F3N/c1-3-10(15-4-2)7-5-8(12)11(14)9(13)6-7/h1,5-6,10,15H,4H2,2H3. The summed E-state index contributed by atoms with van der Waals surface area (Å²) in [4.78, 5) is 0. The first kappa shape index (κ1) is 11.6. The average molecular weight is 213 g/mol. The van der Waals surface area contributed by atoms with Crippen molar-refractivity contribution < 1.29 is 13.2 Å². The molecule has 0 aliphatic rings. The third-order valence-electron chi connectivity index (χ3n) is 1.91. The Morgan fingerprint density at radius 2 is 1.87 bits per heavy atom. The summed E-state index contributed by atoms with van der Waals surface area (Å²) in [5.74, 6) is -1.62. The monoisotopic (exact) mass is 213 g/mol. The molecule has 0 aromatic heterocycles. The van der Waals surface area contributed by atoms with Crippen molar-refractivity contribution in [2.45, 2.75) is 13.0 Å². The minimum absolute atomic E-state index is 0.204. The maximum Gasteiger partial charge on any atom is 0.194 e. The highest BCUT2D eigenvalue weighted by atomic mass is 19.2. The summed E-state index contributed by atoms with van der Waals surface area (Å²) in [6.45, 7) is 2.36. The summed E-state index contributed by atoms with van der Waals surface area (Å²) in [5, 5.41) is 2.83. The molecule has 1 rings (SSSR count). The maximum atomic E-state index is 12.9. The van der Waals surface area contributed by atoms with E-state index in [0.29, 0.717) is 6.54 Å². The molecular formula is C11H10F3N. The van der Waals surface area contributed by atoms with Crippen molar-refractivity contribution in [3.05, 3.63) is 35.1 Å². The SMILES string of the molecule is C#CC(NCC)c1cc(F)c(F)c(F)c1. The molecule has 0 fully saturated rings. The van der Waals surface area contributed by atoms with E-state index >= 15 is 0 Å². The Balaban J connectivity index is 3.10. The van der Waals surface area contributed by atoms with E-state index in [-0.39, 0.29) is 5.56 Å². The van der Waals surface area contributed by atoms with Crippen LogP contribution in [0.1, 0.15) is 18.5 Å². The van der Waals surface area contributed by atoms with Crippen LogP contribution in [0.15, 0.2) is 12.1 Å². The highest BCUT2D eigenvalue weighted by molar-refractivity contribution is 5.27. The fraction of sp³-hybridized carbons (Fsp3) is 0.273. The first-order valence-corrected chi connectivity index (χ1v) is 4.44. The fourth-order valence-corrected chi connectivity index (χ4v) is 1.22. The molecule has 15 heavy (non-hydrogen) atoms. The van der Waals surface area contributed by atoms with E-state index < -0.39 is 23.5 Å². The lowest BCUT2D eigenvalue weighted by Crippen LogP contribution is -2.19. The van der Waals surface area contributed by atoms with E-state index in [1.807, 2.05) is 0 Å². The Morgan fingerprint density at radius 1 is 1.33 bits per heavy atom. The van der Waals surface area contributed by atoms with Gasteiger partial charge in [-0.1, -0.05) is 12.8 Å². The number of hydrogen-bond donors (Lipinski definition) is 1. The zero-order valence-corrected chi connectivity index (χ0v) is 8.15. The zero-order valence-electron chi connectivity index (χ0n) is 8.15. The lowest BCUT2D eigenvalue weighted by Gasteiger charge is -2.12. The molecule has 80 valence electrons. The van der Waals surface area contributed by atoms with Gasteiger partial charge in [0.05, 0.1) is 6.04 Å². The van der Waals surface area contributed by atoms with E-state index in [1.54, 1.807) is 6.92 Å². The first-order valence-electron chi connectivity index (χ1n) is 4.44. The number of rotatable bonds is 3. The van der Waals surface area contributed by atoms with Crippen LogP contribution in [-0.4, -0.2) is 6.54 Å². The minimum atomic E-state index is -1.48. The van der Waals surface area contributed by atoms with Crippen molar-refractivity contribution in [2.75, 3.05) is 6.54 Å². The molecule has 0 heterocycles. The first-order chi connectivity index (χ1) is 7.10. The normalized spacial score (nSPS) is 12.2. The predicted molar refractivity (Wildman–Crippen MR) is 51.6 cm³/mol. The van der Waals surface area contributed by atoms with Gasteiger partial charge in [0.25, 0.3) is 0 Å². The van der Waals surface area contributed by atoms with Crippen molar-refractivity contribution in [2.24, 2.45) is 0 Å². The Hall–Kier alpha value is -1.47. The zero-order chi connectivity index (χ0) is 11.4. The molecule has 0 amide bonds. The van der Waals surface area contributed by atoms with Gasteiger partial charge in [-0.15, -0.1) is 6.42 Å². The van der Waals surface area contributed by atoms with Crippen LogP contribution in [0.4, 0.5) is 13.2 Å². The van der Waals surface area contributed by atoms with Gasteiger partial charge < -0.3 is 5.32 Å². The molecule has 1 N–H and O–H groups in total. The molecule has 1 unspecified atom stereocenters. The highest BCUT2D eigenvalue weighted by Gasteiger charge is 2.14. The van der Waals surface area contributed by atoms with Gasteiger partial charge in [0.1, 0.15) is 0 Å². The molecule has 0 radical (unpaired) electrons. The Kier molecular flexibility index (Phi) is 3.75. The quantitative estimate of drug-likeness (QED) is 0.600. The molecule has 0 bridgehead atoms. The molecule has 1 nitrogen and oxygen atoms in total. The highest BCUT2D eigenvalue weighted by Crippen LogP contribution is 2.18. The molecule has 0 saturated heterocycles. The van der Waals surface area contributed by atoms with Gasteiger partial charge in [0, 0.05) is 0 Å². The molecule has 1 aromatic carbocycles. The second-order valence-corrected chi connectivity index (χ2v) is 2.96. The molecular weight excluding hydrogens is 203 g/mol. The van der Waals surface area contributed by atoms with Gasteiger partial charge in [-0.2, -0.15) is 0 Å². The number of benzene rings is 1. The molecule has 0 aliphatic heterocycles. The Labute approximate surface area is 86.3 Å². The van der Waals surface area contributed by atoms with Gasteiger partial charge >= 0.3 is 0 Å². The van der Waals surface area contributed by atoms with Crippen LogP contribution in [0.2, 0.25) is 0 Å². The van der Waals surface area contributed by atoms with Crippen molar-refractivity contribution >= 4 is 0 Å². The molecule has 4 heteroatoms. The second-order valence-electron chi connectivity index (χ2n) is 2.96. The summed E-state index contributed by atoms with van der Waals surface area (Å²) in [6.07, 6.45) is 5.18. The van der Waals surface area contributed by atoms with Crippen molar-refractivity contribution in [1.82, 2.24) is 5.32 Å². The van der Waals surface area contributed by atoms with E-state index in [0.717, 1.165) is 12.1 Å². The van der Waals surface area contributed by atoms with E-state index in [1.165, 1.54) is 0 Å². The van der Waals surface area contributed by atoms with Gasteiger partial charge in [0.2, 0.25) is 0 Å². The average Bonchev–Trinajstić information content (AvgIpc) is 2.22. The van der Waals surface area contributed by atoms with Crippen LogP contribution in [-0.2, 0) is 0 Å². The summed E-state index contributed by atoms with van der Waals surface area (Å²) < 4.78 is 38.4. The van der Waals surface area contributed by atoms with Crippen molar-refractivity contribution in [3.8, 4) is 12.3 Å². The third-order valence-corrected chi connectivity index (χ3v) is 1.91. The van der Waals surface area contributed by atoms with Gasteiger partial charge in [-0.05, 0) is 24.2 Å². The van der Waals surface area contributed by atoms with Crippen LogP contribution in [0, 0.1) is 29.8 Å². The summed E-state index contributed by atoms with van der Waals surface area (Å²) in [7, 11) is 0. The lowest BCUT2D eigenvalue weighted by molar-refractivity contribution is 0.443.